The van der Waals surface area contributed by atoms with Crippen LogP contribution in [0.1, 0.15) is 11.1 Å². The highest BCUT2D eigenvalue weighted by Gasteiger charge is 2.20. The number of halogens is 1. The zero-order valence-electron chi connectivity index (χ0n) is 16.2. The first-order valence-electron chi connectivity index (χ1n) is 9.37. The molecule has 3 rings (SSSR count). The van der Waals surface area contributed by atoms with Crippen molar-refractivity contribution in [2.75, 3.05) is 5.32 Å². The van der Waals surface area contributed by atoms with Crippen LogP contribution >= 0.6 is 0 Å². The van der Waals surface area contributed by atoms with Crippen LogP contribution in [-0.4, -0.2) is 18.0 Å². The predicted molar refractivity (Wildman–Crippen MR) is 112 cm³/mol. The highest BCUT2D eigenvalue weighted by Crippen LogP contribution is 2.17. The van der Waals surface area contributed by atoms with Crippen molar-refractivity contribution in [1.82, 2.24) is 5.32 Å². The summed E-state index contributed by atoms with van der Waals surface area (Å²) >= 11 is 0. The lowest BCUT2D eigenvalue weighted by Gasteiger charge is -2.18. The van der Waals surface area contributed by atoms with Crippen molar-refractivity contribution in [2.24, 2.45) is 5.73 Å². The molecule has 0 aromatic heterocycles. The Bertz CT molecular complexity index is 1010. The summed E-state index contributed by atoms with van der Waals surface area (Å²) in [5.41, 5.74) is 7.46. The third-order valence-corrected chi connectivity index (χ3v) is 4.31. The number of ether oxygens (including phenoxy) is 1. The standard InChI is InChI=1S/C23H22FN3O3/c24-18-9-5-11-20(14-18)30-15-17-8-4-10-19(12-17)26-22(28)21(27-23(25)29)13-16-6-2-1-3-7-16/h1-12,14,21H,13,15H2,(H,26,28)(H3,25,27,29). The molecule has 0 fully saturated rings. The van der Waals surface area contributed by atoms with E-state index in [0.29, 0.717) is 17.9 Å². The summed E-state index contributed by atoms with van der Waals surface area (Å²) < 4.78 is 18.8. The summed E-state index contributed by atoms with van der Waals surface area (Å²) in [5.74, 6) is -0.348. The Hall–Kier alpha value is -3.87. The van der Waals surface area contributed by atoms with Gasteiger partial charge >= 0.3 is 6.03 Å². The lowest BCUT2D eigenvalue weighted by molar-refractivity contribution is -0.117. The second-order valence-corrected chi connectivity index (χ2v) is 6.69. The number of carbonyl (C=O) groups is 2. The molecule has 0 aliphatic heterocycles. The molecule has 6 nitrogen and oxygen atoms in total. The molecule has 1 unspecified atom stereocenters. The van der Waals surface area contributed by atoms with Gasteiger partial charge in [0.15, 0.2) is 0 Å². The van der Waals surface area contributed by atoms with Crippen molar-refractivity contribution >= 4 is 17.6 Å². The monoisotopic (exact) mass is 407 g/mol. The number of benzene rings is 3. The second kappa shape index (κ2) is 10.1. The summed E-state index contributed by atoms with van der Waals surface area (Å²) in [7, 11) is 0. The maximum atomic E-state index is 13.3. The van der Waals surface area contributed by atoms with Crippen molar-refractivity contribution in [3.63, 3.8) is 0 Å². The van der Waals surface area contributed by atoms with E-state index in [-0.39, 0.29) is 18.3 Å². The second-order valence-electron chi connectivity index (χ2n) is 6.69. The summed E-state index contributed by atoms with van der Waals surface area (Å²) in [6.45, 7) is 0.208. The maximum Gasteiger partial charge on any atom is 0.312 e. The number of primary amides is 1. The van der Waals surface area contributed by atoms with E-state index in [9.17, 15) is 14.0 Å². The average molecular weight is 407 g/mol. The molecule has 0 bridgehead atoms. The Balaban J connectivity index is 1.65. The number of urea groups is 1. The lowest BCUT2D eigenvalue weighted by Crippen LogP contribution is -2.47. The first-order valence-corrected chi connectivity index (χ1v) is 9.37. The van der Waals surface area contributed by atoms with Gasteiger partial charge in [0.2, 0.25) is 5.91 Å². The quantitative estimate of drug-likeness (QED) is 0.532. The molecule has 0 saturated heterocycles. The molecule has 0 saturated carbocycles. The smallest absolute Gasteiger partial charge is 0.312 e. The van der Waals surface area contributed by atoms with Gasteiger partial charge in [-0.25, -0.2) is 9.18 Å². The molecule has 0 radical (unpaired) electrons. The molecule has 1 atom stereocenters. The molecule has 154 valence electrons. The van der Waals surface area contributed by atoms with Crippen LogP contribution in [0.2, 0.25) is 0 Å². The van der Waals surface area contributed by atoms with Gasteiger partial charge in [-0.05, 0) is 35.4 Å². The molecule has 0 heterocycles. The summed E-state index contributed by atoms with van der Waals surface area (Å²) in [4.78, 5) is 24.1. The van der Waals surface area contributed by atoms with Gasteiger partial charge < -0.3 is 21.1 Å². The highest BCUT2D eigenvalue weighted by molar-refractivity contribution is 5.97. The van der Waals surface area contributed by atoms with Crippen molar-refractivity contribution < 1.29 is 18.7 Å². The van der Waals surface area contributed by atoms with Crippen LogP contribution in [0, 0.1) is 5.82 Å². The van der Waals surface area contributed by atoms with Crippen LogP contribution in [0.25, 0.3) is 0 Å². The van der Waals surface area contributed by atoms with Crippen molar-refractivity contribution in [3.8, 4) is 5.75 Å². The summed E-state index contributed by atoms with van der Waals surface area (Å²) in [6, 6.07) is 20.7. The molecule has 0 spiro atoms. The molecule has 4 N–H and O–H groups in total. The van der Waals surface area contributed by atoms with E-state index in [1.165, 1.54) is 12.1 Å². The van der Waals surface area contributed by atoms with E-state index < -0.39 is 12.1 Å². The minimum atomic E-state index is -0.822. The summed E-state index contributed by atoms with van der Waals surface area (Å²) in [6.07, 6.45) is 0.304. The maximum absolute atomic E-state index is 13.3. The van der Waals surface area contributed by atoms with Crippen LogP contribution in [0.4, 0.5) is 14.9 Å². The molecule has 3 aromatic rings. The number of hydrogen-bond donors (Lipinski definition) is 3. The number of nitrogens with two attached hydrogens (primary N) is 1. The van der Waals surface area contributed by atoms with E-state index in [0.717, 1.165) is 11.1 Å². The number of nitrogens with one attached hydrogen (secondary N) is 2. The number of rotatable bonds is 8. The van der Waals surface area contributed by atoms with Crippen LogP contribution in [0.3, 0.4) is 0 Å². The molecule has 0 aliphatic rings. The van der Waals surface area contributed by atoms with Crippen LogP contribution in [0.5, 0.6) is 5.75 Å². The summed E-state index contributed by atoms with van der Waals surface area (Å²) in [5, 5.41) is 5.27. The van der Waals surface area contributed by atoms with E-state index in [4.69, 9.17) is 10.5 Å². The normalized spacial score (nSPS) is 11.4. The van der Waals surface area contributed by atoms with Crippen LogP contribution < -0.4 is 21.1 Å². The van der Waals surface area contributed by atoms with E-state index in [1.807, 2.05) is 36.4 Å². The topological polar surface area (TPSA) is 93.5 Å². The molecule has 7 heteroatoms. The largest absolute Gasteiger partial charge is 0.489 e. The Morgan fingerprint density at radius 3 is 2.40 bits per heavy atom. The SMILES string of the molecule is NC(=O)NC(Cc1ccccc1)C(=O)Nc1cccc(COc2cccc(F)c2)c1. The average Bonchev–Trinajstić information content (AvgIpc) is 2.72. The highest BCUT2D eigenvalue weighted by atomic mass is 19.1. The van der Waals surface area contributed by atoms with Crippen molar-refractivity contribution in [2.45, 2.75) is 19.1 Å². The van der Waals surface area contributed by atoms with E-state index >= 15 is 0 Å². The third kappa shape index (κ3) is 6.34. The van der Waals surface area contributed by atoms with Gasteiger partial charge in [0, 0.05) is 18.2 Å². The molecule has 3 amide bonds. The van der Waals surface area contributed by atoms with Crippen molar-refractivity contribution in [1.29, 1.82) is 0 Å². The Labute approximate surface area is 173 Å². The molecular formula is C23H22FN3O3. The lowest BCUT2D eigenvalue weighted by atomic mass is 10.1. The van der Waals surface area contributed by atoms with Gasteiger partial charge in [0.1, 0.15) is 24.2 Å². The van der Waals surface area contributed by atoms with Gasteiger partial charge in [-0.2, -0.15) is 0 Å². The van der Waals surface area contributed by atoms with Gasteiger partial charge in [0.25, 0.3) is 0 Å². The van der Waals surface area contributed by atoms with Gasteiger partial charge in [-0.15, -0.1) is 0 Å². The number of amides is 3. The van der Waals surface area contributed by atoms with Crippen LogP contribution in [-0.2, 0) is 17.8 Å². The van der Waals surface area contributed by atoms with E-state index in [2.05, 4.69) is 10.6 Å². The predicted octanol–water partition coefficient (Wildman–Crippen LogP) is 3.62. The molecular weight excluding hydrogens is 385 g/mol. The number of hydrogen-bond acceptors (Lipinski definition) is 3. The Kier molecular flexibility index (Phi) is 7.00. The fourth-order valence-corrected chi connectivity index (χ4v) is 2.92. The van der Waals surface area contributed by atoms with Gasteiger partial charge in [0.05, 0.1) is 0 Å². The first kappa shape index (κ1) is 20.9. The molecule has 30 heavy (non-hydrogen) atoms. The molecule has 3 aromatic carbocycles. The minimum absolute atomic E-state index is 0.208. The minimum Gasteiger partial charge on any atom is -0.489 e. The number of anilines is 1. The third-order valence-electron chi connectivity index (χ3n) is 4.31. The Morgan fingerprint density at radius 1 is 0.933 bits per heavy atom. The first-order chi connectivity index (χ1) is 14.5. The van der Waals surface area contributed by atoms with Crippen LogP contribution in [0.15, 0.2) is 78.9 Å². The van der Waals surface area contributed by atoms with Gasteiger partial charge in [-0.3, -0.25) is 4.79 Å². The van der Waals surface area contributed by atoms with Gasteiger partial charge in [-0.1, -0.05) is 48.5 Å². The number of carbonyl (C=O) groups excluding carboxylic acids is 2. The fourth-order valence-electron chi connectivity index (χ4n) is 2.92. The van der Waals surface area contributed by atoms with E-state index in [1.54, 1.807) is 30.3 Å². The van der Waals surface area contributed by atoms with Crippen molar-refractivity contribution in [3.05, 3.63) is 95.8 Å². The fraction of sp³-hybridized carbons (Fsp3) is 0.130. The zero-order chi connectivity index (χ0) is 21.3. The molecule has 0 aliphatic carbocycles. The Morgan fingerprint density at radius 2 is 1.67 bits per heavy atom. The zero-order valence-corrected chi connectivity index (χ0v) is 16.2.